The molecule has 0 aromatic heterocycles. The molecule has 1 atom stereocenters. The van der Waals surface area contributed by atoms with E-state index in [9.17, 15) is 36.3 Å². The number of rotatable bonds is 8. The zero-order valence-corrected chi connectivity index (χ0v) is 18.1. The number of carboxylic acids is 1. The molecule has 10 heteroatoms. The van der Waals surface area contributed by atoms with Crippen molar-refractivity contribution in [3.63, 3.8) is 0 Å². The highest BCUT2D eigenvalue weighted by atomic mass is 19.4. The smallest absolute Gasteiger partial charge is 0.416 e. The van der Waals surface area contributed by atoms with Crippen LogP contribution in [0.2, 0.25) is 0 Å². The van der Waals surface area contributed by atoms with E-state index in [1.165, 1.54) is 24.3 Å². The molecule has 2 N–H and O–H groups in total. The number of halogens is 5. The van der Waals surface area contributed by atoms with Gasteiger partial charge in [0.2, 0.25) is 5.78 Å². The van der Waals surface area contributed by atoms with Gasteiger partial charge in [-0.05, 0) is 42.3 Å². The Bertz CT molecular complexity index is 1140. The van der Waals surface area contributed by atoms with Crippen molar-refractivity contribution < 1.29 is 41.4 Å². The maximum Gasteiger partial charge on any atom is 0.416 e. The Balaban J connectivity index is 2.20. The van der Waals surface area contributed by atoms with Crippen molar-refractivity contribution in [2.75, 3.05) is 5.32 Å². The van der Waals surface area contributed by atoms with Crippen molar-refractivity contribution in [3.05, 3.63) is 64.7 Å². The monoisotopic (exact) mass is 481 g/mol. The number of benzene rings is 2. The molecule has 0 aliphatic rings. The Hall–Kier alpha value is -3.74. The number of alkyl halides is 5. The number of carboxylic acid groups (broad SMARTS) is 1. The van der Waals surface area contributed by atoms with Gasteiger partial charge >= 0.3 is 12.1 Å². The molecule has 34 heavy (non-hydrogen) atoms. The summed E-state index contributed by atoms with van der Waals surface area (Å²) in [6.07, 6.45) is -6.19. The van der Waals surface area contributed by atoms with Crippen LogP contribution in [0.1, 0.15) is 48.4 Å². The Morgan fingerprint density at radius 2 is 1.65 bits per heavy atom. The van der Waals surface area contributed by atoms with Crippen molar-refractivity contribution in [3.8, 4) is 11.8 Å². The molecule has 0 fully saturated rings. The van der Waals surface area contributed by atoms with Gasteiger partial charge in [-0.1, -0.05) is 24.1 Å². The minimum Gasteiger partial charge on any atom is -0.481 e. The summed E-state index contributed by atoms with van der Waals surface area (Å²) in [6, 6.07) is 7.40. The molecular weight excluding hydrogens is 461 g/mol. The maximum atomic E-state index is 13.6. The van der Waals surface area contributed by atoms with Crippen LogP contribution in [0.25, 0.3) is 0 Å². The summed E-state index contributed by atoms with van der Waals surface area (Å²) in [4.78, 5) is 35.5. The number of ketones is 1. The third-order valence-electron chi connectivity index (χ3n) is 4.79. The molecule has 0 aliphatic heterocycles. The van der Waals surface area contributed by atoms with Crippen molar-refractivity contribution in [2.24, 2.45) is 0 Å². The number of hydrogen-bond donors (Lipinski definition) is 2. The highest BCUT2D eigenvalue weighted by Crippen LogP contribution is 2.36. The number of hydrogen-bond acceptors (Lipinski definition) is 3. The zero-order chi connectivity index (χ0) is 25.7. The summed E-state index contributed by atoms with van der Waals surface area (Å²) >= 11 is 0. The van der Waals surface area contributed by atoms with E-state index in [1.807, 2.05) is 0 Å². The Kier molecular flexibility index (Phi) is 8.16. The van der Waals surface area contributed by atoms with Crippen LogP contribution < -0.4 is 5.32 Å². The van der Waals surface area contributed by atoms with E-state index in [4.69, 9.17) is 5.11 Å². The molecule has 0 radical (unpaired) electrons. The van der Waals surface area contributed by atoms with Crippen LogP contribution in [0, 0.1) is 11.8 Å². The second-order valence-electron chi connectivity index (χ2n) is 7.48. The highest BCUT2D eigenvalue weighted by molar-refractivity contribution is 6.41. The van der Waals surface area contributed by atoms with Gasteiger partial charge < -0.3 is 10.4 Å². The fraction of sp³-hybridized carbons (Fsp3) is 0.292. The lowest BCUT2D eigenvalue weighted by Gasteiger charge is -2.17. The van der Waals surface area contributed by atoms with Crippen LogP contribution in [-0.2, 0) is 32.9 Å². The van der Waals surface area contributed by atoms with Crippen LogP contribution in [0.15, 0.2) is 42.5 Å². The minimum absolute atomic E-state index is 0.130. The average Bonchev–Trinajstić information content (AvgIpc) is 2.72. The first-order valence-corrected chi connectivity index (χ1v) is 9.89. The largest absolute Gasteiger partial charge is 0.481 e. The molecule has 0 spiro atoms. The number of carbonyl (C=O) groups excluding carboxylic acids is 2. The van der Waals surface area contributed by atoms with Gasteiger partial charge in [-0.3, -0.25) is 14.4 Å². The number of aliphatic carboxylic acids is 1. The molecule has 0 heterocycles. The van der Waals surface area contributed by atoms with Gasteiger partial charge in [0.15, 0.2) is 0 Å². The van der Waals surface area contributed by atoms with Gasteiger partial charge in [-0.2, -0.15) is 13.2 Å². The molecule has 1 amide bonds. The van der Waals surface area contributed by atoms with E-state index >= 15 is 0 Å². The van der Waals surface area contributed by atoms with Crippen LogP contribution in [0.4, 0.5) is 27.6 Å². The molecule has 2 rings (SSSR count). The Morgan fingerprint density at radius 3 is 2.15 bits per heavy atom. The number of nitrogens with one attached hydrogen (secondary N) is 1. The van der Waals surface area contributed by atoms with Crippen LogP contribution in [0.5, 0.6) is 0 Å². The minimum atomic E-state index is -4.91. The third-order valence-corrected chi connectivity index (χ3v) is 4.79. The predicted octanol–water partition coefficient (Wildman–Crippen LogP) is 5.15. The van der Waals surface area contributed by atoms with Crippen molar-refractivity contribution in [2.45, 2.75) is 44.7 Å². The second-order valence-corrected chi connectivity index (χ2v) is 7.48. The lowest BCUT2D eigenvalue weighted by molar-refractivity contribution is -0.139. The maximum absolute atomic E-state index is 13.6. The molecular formula is C24H20F5NO4. The normalized spacial score (nSPS) is 12.3. The molecule has 2 aromatic carbocycles. The van der Waals surface area contributed by atoms with Gasteiger partial charge in [-0.25, -0.2) is 8.78 Å². The molecule has 0 saturated heterocycles. The van der Waals surface area contributed by atoms with Crippen molar-refractivity contribution in [1.29, 1.82) is 0 Å². The van der Waals surface area contributed by atoms with Crippen LogP contribution in [0.3, 0.4) is 0 Å². The van der Waals surface area contributed by atoms with Gasteiger partial charge in [0.25, 0.3) is 11.8 Å². The SMILES string of the molecule is CC#C[C@@H](CC(=O)O)c1ccc(NC(=O)C(=O)Cc2cc(C(C)(F)F)ccc2C(F)(F)F)cc1. The number of anilines is 1. The molecule has 0 bridgehead atoms. The molecule has 0 saturated carbocycles. The summed E-state index contributed by atoms with van der Waals surface area (Å²) in [5.74, 6) is -2.20. The van der Waals surface area contributed by atoms with Gasteiger partial charge in [0, 0.05) is 24.6 Å². The summed E-state index contributed by atoms with van der Waals surface area (Å²) < 4.78 is 66.9. The van der Waals surface area contributed by atoms with E-state index in [1.54, 1.807) is 6.92 Å². The van der Waals surface area contributed by atoms with E-state index in [0.717, 1.165) is 0 Å². The molecule has 5 nitrogen and oxygen atoms in total. The van der Waals surface area contributed by atoms with Gasteiger partial charge in [0.1, 0.15) is 0 Å². The first-order valence-electron chi connectivity index (χ1n) is 9.89. The number of amides is 1. The van der Waals surface area contributed by atoms with Crippen molar-refractivity contribution in [1.82, 2.24) is 0 Å². The molecule has 180 valence electrons. The fourth-order valence-electron chi connectivity index (χ4n) is 3.14. The molecule has 0 unspecified atom stereocenters. The fourth-order valence-corrected chi connectivity index (χ4v) is 3.14. The lowest BCUT2D eigenvalue weighted by Crippen LogP contribution is -2.26. The standard InChI is InChI=1S/C24H20F5NO4/c1-3-4-15(13-21(32)33)14-5-8-18(9-6-14)30-22(34)20(31)12-16-11-17(23(2,25)26)7-10-19(16)24(27,28)29/h5-11,15H,12-13H2,1-2H3,(H,30,34)(H,32,33)/t15-/m0/s1. The summed E-state index contributed by atoms with van der Waals surface area (Å²) in [5, 5.41) is 11.2. The second kappa shape index (κ2) is 10.5. The average molecular weight is 481 g/mol. The summed E-state index contributed by atoms with van der Waals surface area (Å²) in [6.45, 7) is 2.06. The van der Waals surface area contributed by atoms with E-state index < -0.39 is 58.8 Å². The summed E-state index contributed by atoms with van der Waals surface area (Å²) in [7, 11) is 0. The molecule has 0 aliphatic carbocycles. The zero-order valence-electron chi connectivity index (χ0n) is 18.1. The van der Waals surface area contributed by atoms with Crippen molar-refractivity contribution >= 4 is 23.3 Å². The first-order chi connectivity index (χ1) is 15.7. The van der Waals surface area contributed by atoms with E-state index in [2.05, 4.69) is 17.2 Å². The third kappa shape index (κ3) is 7.13. The number of carbonyl (C=O) groups is 3. The predicted molar refractivity (Wildman–Crippen MR) is 113 cm³/mol. The topological polar surface area (TPSA) is 83.5 Å². The first kappa shape index (κ1) is 26.5. The van der Waals surface area contributed by atoms with Gasteiger partial charge in [-0.15, -0.1) is 5.92 Å². The Morgan fingerprint density at radius 1 is 1.03 bits per heavy atom. The lowest BCUT2D eigenvalue weighted by atomic mass is 9.96. The van der Waals surface area contributed by atoms with E-state index in [0.29, 0.717) is 30.7 Å². The molecule has 2 aromatic rings. The Labute approximate surface area is 192 Å². The van der Waals surface area contributed by atoms with Gasteiger partial charge in [0.05, 0.1) is 17.9 Å². The summed E-state index contributed by atoms with van der Waals surface area (Å²) in [5.41, 5.74) is -2.06. The quantitative estimate of drug-likeness (QED) is 0.310. The highest BCUT2D eigenvalue weighted by Gasteiger charge is 2.36. The number of Topliss-reactive ketones (excluding diaryl/α,β-unsaturated/α-hetero) is 1. The van der Waals surface area contributed by atoms with Crippen LogP contribution >= 0.6 is 0 Å². The van der Waals surface area contributed by atoms with E-state index in [-0.39, 0.29) is 12.1 Å². The van der Waals surface area contributed by atoms with Crippen LogP contribution in [-0.4, -0.2) is 22.8 Å².